The standard InChI is InChI=1S/C10H9BrN2OS/c1-7-2-3-8(11)9(4-7)15-5-10-12-6-14-13-10/h2-4,6H,5H2,1H3. The van der Waals surface area contributed by atoms with Crippen LogP contribution in [0.2, 0.25) is 0 Å². The number of nitrogens with zero attached hydrogens (tertiary/aromatic N) is 2. The molecule has 1 aromatic carbocycles. The fourth-order valence-electron chi connectivity index (χ4n) is 1.12. The number of hydrogen-bond acceptors (Lipinski definition) is 4. The van der Waals surface area contributed by atoms with E-state index >= 15 is 0 Å². The Hall–Kier alpha value is -0.810. The predicted molar refractivity (Wildman–Crippen MR) is 62.7 cm³/mol. The minimum absolute atomic E-state index is 0.716. The number of aromatic nitrogens is 2. The van der Waals surface area contributed by atoms with Gasteiger partial charge in [0.1, 0.15) is 0 Å². The quantitative estimate of drug-likeness (QED) is 0.810. The third-order valence-electron chi connectivity index (χ3n) is 1.85. The van der Waals surface area contributed by atoms with Gasteiger partial charge in [-0.15, -0.1) is 11.8 Å². The number of benzene rings is 1. The van der Waals surface area contributed by atoms with Crippen LogP contribution in [0.5, 0.6) is 0 Å². The van der Waals surface area contributed by atoms with Crippen LogP contribution in [0.1, 0.15) is 11.4 Å². The van der Waals surface area contributed by atoms with Gasteiger partial charge >= 0.3 is 0 Å². The van der Waals surface area contributed by atoms with Gasteiger partial charge in [-0.25, -0.2) is 0 Å². The van der Waals surface area contributed by atoms with Gasteiger partial charge in [-0.3, -0.25) is 0 Å². The van der Waals surface area contributed by atoms with Crippen LogP contribution in [-0.4, -0.2) is 10.1 Å². The lowest BCUT2D eigenvalue weighted by molar-refractivity contribution is 0.412. The monoisotopic (exact) mass is 284 g/mol. The molecule has 5 heteroatoms. The van der Waals surface area contributed by atoms with Crippen LogP contribution in [0.4, 0.5) is 0 Å². The van der Waals surface area contributed by atoms with Crippen LogP contribution < -0.4 is 0 Å². The Morgan fingerprint density at radius 1 is 1.47 bits per heavy atom. The summed E-state index contributed by atoms with van der Waals surface area (Å²) in [5.41, 5.74) is 1.24. The molecule has 0 aliphatic carbocycles. The van der Waals surface area contributed by atoms with Crippen molar-refractivity contribution in [1.82, 2.24) is 10.1 Å². The normalized spacial score (nSPS) is 10.5. The average Bonchev–Trinajstić information content (AvgIpc) is 2.72. The van der Waals surface area contributed by atoms with Gasteiger partial charge in [0.25, 0.3) is 0 Å². The molecule has 0 aliphatic heterocycles. The Kier molecular flexibility index (Phi) is 3.43. The van der Waals surface area contributed by atoms with Crippen LogP contribution in [0.3, 0.4) is 0 Å². The number of hydrogen-bond donors (Lipinski definition) is 0. The molecular formula is C10H9BrN2OS. The van der Waals surface area contributed by atoms with E-state index in [0.717, 1.165) is 10.2 Å². The van der Waals surface area contributed by atoms with Gasteiger partial charge in [-0.05, 0) is 40.5 Å². The minimum Gasteiger partial charge on any atom is -0.343 e. The molecule has 0 bridgehead atoms. The summed E-state index contributed by atoms with van der Waals surface area (Å²) >= 11 is 5.20. The van der Waals surface area contributed by atoms with Crippen molar-refractivity contribution >= 4 is 27.7 Å². The maximum Gasteiger partial charge on any atom is 0.213 e. The molecule has 0 saturated heterocycles. The molecule has 0 unspecified atom stereocenters. The van der Waals surface area contributed by atoms with E-state index in [9.17, 15) is 0 Å². The van der Waals surface area contributed by atoms with Crippen LogP contribution in [0.25, 0.3) is 0 Å². The number of halogens is 1. The highest BCUT2D eigenvalue weighted by Gasteiger charge is 2.04. The van der Waals surface area contributed by atoms with Crippen molar-refractivity contribution in [2.24, 2.45) is 0 Å². The Labute approximate surface area is 100 Å². The first-order chi connectivity index (χ1) is 7.25. The van der Waals surface area contributed by atoms with Crippen LogP contribution in [-0.2, 0) is 5.75 Å². The molecule has 0 amide bonds. The van der Waals surface area contributed by atoms with E-state index in [0.29, 0.717) is 5.82 Å². The lowest BCUT2D eigenvalue weighted by atomic mass is 10.2. The van der Waals surface area contributed by atoms with Gasteiger partial charge in [-0.1, -0.05) is 11.2 Å². The molecule has 0 radical (unpaired) electrons. The molecule has 0 saturated carbocycles. The third kappa shape index (κ3) is 2.82. The Morgan fingerprint density at radius 2 is 2.33 bits per heavy atom. The van der Waals surface area contributed by atoms with E-state index in [1.54, 1.807) is 11.8 Å². The molecule has 3 nitrogen and oxygen atoms in total. The summed E-state index contributed by atoms with van der Waals surface area (Å²) in [7, 11) is 0. The summed E-state index contributed by atoms with van der Waals surface area (Å²) in [5.74, 6) is 1.44. The molecule has 15 heavy (non-hydrogen) atoms. The predicted octanol–water partition coefficient (Wildman–Crippen LogP) is 3.43. The van der Waals surface area contributed by atoms with Gasteiger partial charge in [0, 0.05) is 9.37 Å². The molecular weight excluding hydrogens is 276 g/mol. The van der Waals surface area contributed by atoms with Crippen LogP contribution in [0.15, 0.2) is 38.5 Å². The van der Waals surface area contributed by atoms with Crippen LogP contribution >= 0.6 is 27.7 Å². The summed E-state index contributed by atoms with van der Waals surface area (Å²) < 4.78 is 5.77. The van der Waals surface area contributed by atoms with Crippen molar-refractivity contribution in [2.45, 2.75) is 17.6 Å². The summed E-state index contributed by atoms with van der Waals surface area (Å²) in [6, 6.07) is 6.26. The molecule has 0 spiro atoms. The van der Waals surface area contributed by atoms with E-state index in [2.05, 4.69) is 49.7 Å². The second kappa shape index (κ2) is 4.81. The molecule has 0 atom stereocenters. The zero-order valence-electron chi connectivity index (χ0n) is 8.11. The van der Waals surface area contributed by atoms with E-state index in [1.807, 2.05) is 6.07 Å². The van der Waals surface area contributed by atoms with Crippen molar-refractivity contribution in [3.63, 3.8) is 0 Å². The molecule has 0 fully saturated rings. The molecule has 1 aromatic heterocycles. The van der Waals surface area contributed by atoms with Crippen molar-refractivity contribution in [2.75, 3.05) is 0 Å². The fourth-order valence-corrected chi connectivity index (χ4v) is 2.60. The smallest absolute Gasteiger partial charge is 0.213 e. The number of thioether (sulfide) groups is 1. The summed E-state index contributed by atoms with van der Waals surface area (Å²) in [4.78, 5) is 5.16. The second-order valence-corrected chi connectivity index (χ2v) is 4.94. The fraction of sp³-hybridized carbons (Fsp3) is 0.200. The summed E-state index contributed by atoms with van der Waals surface area (Å²) in [5, 5.41) is 3.76. The molecule has 78 valence electrons. The van der Waals surface area contributed by atoms with Crippen molar-refractivity contribution in [3.05, 3.63) is 40.5 Å². The SMILES string of the molecule is Cc1ccc(Br)c(SCc2ncon2)c1. The van der Waals surface area contributed by atoms with Crippen molar-refractivity contribution < 1.29 is 4.52 Å². The van der Waals surface area contributed by atoms with Gasteiger partial charge < -0.3 is 4.52 Å². The zero-order chi connectivity index (χ0) is 10.7. The average molecular weight is 285 g/mol. The van der Waals surface area contributed by atoms with E-state index in [-0.39, 0.29) is 0 Å². The first-order valence-electron chi connectivity index (χ1n) is 4.40. The number of rotatable bonds is 3. The maximum atomic E-state index is 4.67. The maximum absolute atomic E-state index is 4.67. The topological polar surface area (TPSA) is 38.9 Å². The zero-order valence-corrected chi connectivity index (χ0v) is 10.5. The van der Waals surface area contributed by atoms with Crippen LogP contribution in [0, 0.1) is 6.92 Å². The molecule has 0 N–H and O–H groups in total. The highest BCUT2D eigenvalue weighted by atomic mass is 79.9. The van der Waals surface area contributed by atoms with E-state index in [4.69, 9.17) is 0 Å². The summed E-state index contributed by atoms with van der Waals surface area (Å²) in [6.07, 6.45) is 1.35. The van der Waals surface area contributed by atoms with Crippen molar-refractivity contribution in [1.29, 1.82) is 0 Å². The third-order valence-corrected chi connectivity index (χ3v) is 3.86. The molecule has 1 heterocycles. The summed E-state index contributed by atoms with van der Waals surface area (Å²) in [6.45, 7) is 2.07. The lowest BCUT2D eigenvalue weighted by Crippen LogP contribution is -1.84. The Balaban J connectivity index is 2.07. The lowest BCUT2D eigenvalue weighted by Gasteiger charge is -2.03. The highest BCUT2D eigenvalue weighted by molar-refractivity contribution is 9.10. The minimum atomic E-state index is 0.716. The molecule has 0 aliphatic rings. The van der Waals surface area contributed by atoms with Gasteiger partial charge in [0.05, 0.1) is 5.75 Å². The van der Waals surface area contributed by atoms with E-state index in [1.165, 1.54) is 16.9 Å². The molecule has 2 aromatic rings. The first kappa shape index (κ1) is 10.7. The highest BCUT2D eigenvalue weighted by Crippen LogP contribution is 2.30. The second-order valence-electron chi connectivity index (χ2n) is 3.07. The Bertz CT molecular complexity index is 445. The largest absolute Gasteiger partial charge is 0.343 e. The Morgan fingerprint density at radius 3 is 3.07 bits per heavy atom. The number of aryl methyl sites for hydroxylation is 1. The van der Waals surface area contributed by atoms with Gasteiger partial charge in [0.2, 0.25) is 6.39 Å². The van der Waals surface area contributed by atoms with Gasteiger partial charge in [0.15, 0.2) is 5.82 Å². The van der Waals surface area contributed by atoms with E-state index < -0.39 is 0 Å². The molecule has 2 rings (SSSR count). The first-order valence-corrected chi connectivity index (χ1v) is 6.18. The van der Waals surface area contributed by atoms with Crippen molar-refractivity contribution in [3.8, 4) is 0 Å². The van der Waals surface area contributed by atoms with Gasteiger partial charge in [-0.2, -0.15) is 4.98 Å².